The highest BCUT2D eigenvalue weighted by molar-refractivity contribution is 7.99. The molecule has 5 nitrogen and oxygen atoms in total. The van der Waals surface area contributed by atoms with E-state index < -0.39 is 0 Å². The molecule has 0 unspecified atom stereocenters. The molecule has 0 amide bonds. The molecule has 1 aliphatic rings. The van der Waals surface area contributed by atoms with Gasteiger partial charge in [0.1, 0.15) is 5.75 Å². The van der Waals surface area contributed by atoms with Gasteiger partial charge in [-0.3, -0.25) is 4.57 Å². The Morgan fingerprint density at radius 2 is 2.00 bits per heavy atom. The van der Waals surface area contributed by atoms with Gasteiger partial charge in [0, 0.05) is 11.0 Å². The maximum Gasteiger partial charge on any atom is 0.207 e. The summed E-state index contributed by atoms with van der Waals surface area (Å²) < 4.78 is 7.12. The van der Waals surface area contributed by atoms with Gasteiger partial charge < -0.3 is 10.5 Å². The molecule has 1 aliphatic heterocycles. The van der Waals surface area contributed by atoms with Crippen molar-refractivity contribution in [2.24, 2.45) is 10.7 Å². The number of fused-ring (bicyclic) bond motifs is 4. The molecular weight excluding hydrogens is 320 g/mol. The number of nitrogens with two attached hydrogens (primary N) is 1. The van der Waals surface area contributed by atoms with Crippen LogP contribution in [-0.2, 0) is 0 Å². The molecule has 0 aliphatic carbocycles. The summed E-state index contributed by atoms with van der Waals surface area (Å²) in [4.78, 5) is 10.2. The monoisotopic (exact) mass is 332 g/mol. The van der Waals surface area contributed by atoms with E-state index in [1.807, 2.05) is 47.0 Å². The summed E-state index contributed by atoms with van der Waals surface area (Å²) in [5.74, 6) is 1.17. The van der Waals surface area contributed by atoms with Gasteiger partial charge in [-0.1, -0.05) is 12.1 Å². The molecule has 0 saturated heterocycles. The van der Waals surface area contributed by atoms with Crippen LogP contribution >= 0.6 is 24.2 Å². The maximum absolute atomic E-state index is 6.18. The van der Waals surface area contributed by atoms with E-state index in [2.05, 4.69) is 9.98 Å². The van der Waals surface area contributed by atoms with Crippen LogP contribution in [0.15, 0.2) is 57.5 Å². The number of aliphatic imine (C=N–C) groups is 1. The molecular formula is C15H13ClN4OS. The number of hydrogen-bond donors (Lipinski definition) is 1. The van der Waals surface area contributed by atoms with E-state index in [-0.39, 0.29) is 12.4 Å². The molecule has 0 fully saturated rings. The van der Waals surface area contributed by atoms with E-state index in [0.717, 1.165) is 32.5 Å². The molecule has 0 radical (unpaired) electrons. The lowest BCUT2D eigenvalue weighted by Gasteiger charge is -2.04. The minimum Gasteiger partial charge on any atom is -0.497 e. The van der Waals surface area contributed by atoms with Crippen molar-refractivity contribution in [3.63, 3.8) is 0 Å². The second kappa shape index (κ2) is 5.55. The Bertz CT molecular complexity index is 890. The first kappa shape index (κ1) is 14.7. The van der Waals surface area contributed by atoms with Crippen LogP contribution in [0, 0.1) is 0 Å². The van der Waals surface area contributed by atoms with Crippen LogP contribution < -0.4 is 10.5 Å². The highest BCUT2D eigenvalue weighted by Gasteiger charge is 2.19. The minimum absolute atomic E-state index is 0. The fraction of sp³-hybridized carbons (Fsp3) is 0.0667. The zero-order chi connectivity index (χ0) is 14.4. The van der Waals surface area contributed by atoms with Gasteiger partial charge >= 0.3 is 0 Å². The Balaban J connectivity index is 0.00000144. The summed E-state index contributed by atoms with van der Waals surface area (Å²) in [6, 6.07) is 13.7. The number of nitrogens with zero attached hydrogens (tertiary/aromatic N) is 3. The zero-order valence-corrected chi connectivity index (χ0v) is 13.3. The van der Waals surface area contributed by atoms with Crippen molar-refractivity contribution < 1.29 is 4.74 Å². The molecule has 2 aromatic carbocycles. The van der Waals surface area contributed by atoms with Crippen LogP contribution in [-0.4, -0.2) is 22.6 Å². The summed E-state index contributed by atoms with van der Waals surface area (Å²) in [6.45, 7) is 0. The summed E-state index contributed by atoms with van der Waals surface area (Å²) >= 11 is 1.55. The molecule has 1 aromatic heterocycles. The van der Waals surface area contributed by atoms with Crippen molar-refractivity contribution in [1.82, 2.24) is 9.55 Å². The van der Waals surface area contributed by atoms with Gasteiger partial charge in [-0.25, -0.2) is 9.98 Å². The molecule has 22 heavy (non-hydrogen) atoms. The third kappa shape index (κ3) is 2.20. The van der Waals surface area contributed by atoms with Crippen LogP contribution in [0.5, 0.6) is 5.75 Å². The Morgan fingerprint density at radius 3 is 2.82 bits per heavy atom. The van der Waals surface area contributed by atoms with Gasteiger partial charge in [-0.15, -0.1) is 12.4 Å². The third-order valence-corrected chi connectivity index (χ3v) is 4.38. The van der Waals surface area contributed by atoms with Crippen molar-refractivity contribution in [3.8, 4) is 5.75 Å². The number of aromatic nitrogens is 2. The highest BCUT2D eigenvalue weighted by atomic mass is 35.5. The number of para-hydroxylation sites is 2. The first-order valence-corrected chi connectivity index (χ1v) is 7.26. The van der Waals surface area contributed by atoms with Crippen molar-refractivity contribution in [3.05, 3.63) is 42.5 Å². The van der Waals surface area contributed by atoms with E-state index >= 15 is 0 Å². The predicted molar refractivity (Wildman–Crippen MR) is 90.8 cm³/mol. The van der Waals surface area contributed by atoms with Gasteiger partial charge in [0.15, 0.2) is 5.16 Å². The van der Waals surface area contributed by atoms with Gasteiger partial charge in [-0.2, -0.15) is 0 Å². The Kier molecular flexibility index (Phi) is 3.72. The fourth-order valence-electron chi connectivity index (χ4n) is 2.36. The van der Waals surface area contributed by atoms with E-state index in [0.29, 0.717) is 5.96 Å². The van der Waals surface area contributed by atoms with E-state index in [1.54, 1.807) is 18.9 Å². The number of methoxy groups -OCH3 is 1. The molecule has 0 atom stereocenters. The van der Waals surface area contributed by atoms with Crippen molar-refractivity contribution >= 4 is 46.8 Å². The largest absolute Gasteiger partial charge is 0.497 e. The Hall–Kier alpha value is -2.18. The molecule has 2 N–H and O–H groups in total. The summed E-state index contributed by atoms with van der Waals surface area (Å²) in [5, 5.41) is 0.821. The predicted octanol–water partition coefficient (Wildman–Crippen LogP) is 3.43. The topological polar surface area (TPSA) is 65.4 Å². The van der Waals surface area contributed by atoms with Crippen LogP contribution in [0.3, 0.4) is 0 Å². The van der Waals surface area contributed by atoms with E-state index in [4.69, 9.17) is 10.5 Å². The molecule has 3 aromatic rings. The van der Waals surface area contributed by atoms with E-state index in [9.17, 15) is 0 Å². The first-order chi connectivity index (χ1) is 10.3. The molecule has 4 rings (SSSR count). The number of rotatable bonds is 1. The molecule has 0 bridgehead atoms. The summed E-state index contributed by atoms with van der Waals surface area (Å²) in [7, 11) is 1.64. The van der Waals surface area contributed by atoms with Crippen LogP contribution in [0.1, 0.15) is 0 Å². The second-order valence-corrected chi connectivity index (χ2v) is 5.63. The second-order valence-electron chi connectivity index (χ2n) is 4.62. The first-order valence-electron chi connectivity index (χ1n) is 6.44. The lowest BCUT2D eigenvalue weighted by molar-refractivity contribution is 0.414. The van der Waals surface area contributed by atoms with Crippen molar-refractivity contribution in [2.75, 3.05) is 7.11 Å². The van der Waals surface area contributed by atoms with Gasteiger partial charge in [-0.05, 0) is 36.0 Å². The third-order valence-electron chi connectivity index (χ3n) is 3.36. The average Bonchev–Trinajstić information content (AvgIpc) is 2.80. The van der Waals surface area contributed by atoms with Gasteiger partial charge in [0.2, 0.25) is 5.96 Å². The number of imidazole rings is 1. The number of hydrogen-bond acceptors (Lipinski definition) is 5. The number of halogens is 1. The molecule has 0 spiro atoms. The molecule has 7 heteroatoms. The Morgan fingerprint density at radius 1 is 1.18 bits per heavy atom. The number of benzene rings is 2. The van der Waals surface area contributed by atoms with Crippen LogP contribution in [0.25, 0.3) is 11.0 Å². The molecule has 0 saturated carbocycles. The quantitative estimate of drug-likeness (QED) is 0.741. The standard InChI is InChI=1S/C15H12N4OS.ClH/c1-20-9-6-7-13-11(8-9)17-14(16)19-12-5-3-2-4-10(12)18-15(19)21-13;/h2-8H,1H3,(H2,16,17);1H. The zero-order valence-electron chi connectivity index (χ0n) is 11.7. The van der Waals surface area contributed by atoms with Crippen LogP contribution in [0.4, 0.5) is 5.69 Å². The van der Waals surface area contributed by atoms with Gasteiger partial charge in [0.05, 0.1) is 23.8 Å². The maximum atomic E-state index is 6.18. The number of ether oxygens (including phenoxy) is 1. The summed E-state index contributed by atoms with van der Waals surface area (Å²) in [6.07, 6.45) is 0. The summed E-state index contributed by atoms with van der Waals surface area (Å²) in [5.41, 5.74) is 8.85. The smallest absolute Gasteiger partial charge is 0.207 e. The SMILES string of the molecule is COc1ccc2c(c1)N=C(N)n1c(nc3ccccc31)S2.Cl. The normalized spacial score (nSPS) is 12.7. The van der Waals surface area contributed by atoms with Crippen molar-refractivity contribution in [1.29, 1.82) is 0 Å². The minimum atomic E-state index is 0. The van der Waals surface area contributed by atoms with E-state index in [1.165, 1.54) is 0 Å². The van der Waals surface area contributed by atoms with Gasteiger partial charge in [0.25, 0.3) is 0 Å². The lowest BCUT2D eigenvalue weighted by Crippen LogP contribution is -2.21. The molecule has 2 heterocycles. The fourth-order valence-corrected chi connectivity index (χ4v) is 3.33. The molecule has 112 valence electrons. The Labute approximate surface area is 137 Å². The van der Waals surface area contributed by atoms with Crippen LogP contribution in [0.2, 0.25) is 0 Å². The highest BCUT2D eigenvalue weighted by Crippen LogP contribution is 2.40. The average molecular weight is 333 g/mol. The van der Waals surface area contributed by atoms with Crippen molar-refractivity contribution in [2.45, 2.75) is 10.1 Å². The lowest BCUT2D eigenvalue weighted by atomic mass is 10.3.